The maximum atomic E-state index is 10.9. The molecule has 98 valence electrons. The average molecular weight is 250 g/mol. The van der Waals surface area contributed by atoms with Gasteiger partial charge in [-0.2, -0.15) is 0 Å². The number of hydrogen-bond acceptors (Lipinski definition) is 3. The molecule has 5 nitrogen and oxygen atoms in total. The Morgan fingerprint density at radius 1 is 1.50 bits per heavy atom. The SMILES string of the molecule is COc1cccc(C2CCC(N(O)C(N)=O)C2)c1. The van der Waals surface area contributed by atoms with Crippen LogP contribution < -0.4 is 10.5 Å². The second kappa shape index (κ2) is 5.27. The van der Waals surface area contributed by atoms with Gasteiger partial charge in [0.2, 0.25) is 0 Å². The van der Waals surface area contributed by atoms with Crippen LogP contribution in [-0.2, 0) is 0 Å². The molecule has 1 fully saturated rings. The predicted molar refractivity (Wildman–Crippen MR) is 66.6 cm³/mol. The van der Waals surface area contributed by atoms with E-state index in [1.54, 1.807) is 7.11 Å². The van der Waals surface area contributed by atoms with E-state index in [1.165, 1.54) is 5.56 Å². The van der Waals surface area contributed by atoms with Crippen molar-refractivity contribution in [2.24, 2.45) is 5.73 Å². The fourth-order valence-corrected chi connectivity index (χ4v) is 2.56. The molecule has 0 saturated heterocycles. The van der Waals surface area contributed by atoms with Crippen molar-refractivity contribution in [1.29, 1.82) is 0 Å². The zero-order valence-electron chi connectivity index (χ0n) is 10.4. The molecule has 0 aromatic heterocycles. The van der Waals surface area contributed by atoms with Crippen molar-refractivity contribution >= 4 is 6.03 Å². The Kier molecular flexibility index (Phi) is 3.72. The molecule has 2 unspecified atom stereocenters. The first-order chi connectivity index (χ1) is 8.61. The molecule has 0 radical (unpaired) electrons. The highest BCUT2D eigenvalue weighted by atomic mass is 16.5. The molecule has 1 aliphatic carbocycles. The lowest BCUT2D eigenvalue weighted by Crippen LogP contribution is -2.39. The molecule has 1 aromatic carbocycles. The summed E-state index contributed by atoms with van der Waals surface area (Å²) in [6, 6.07) is 6.93. The summed E-state index contributed by atoms with van der Waals surface area (Å²) in [7, 11) is 1.64. The van der Waals surface area contributed by atoms with Crippen molar-refractivity contribution in [3.63, 3.8) is 0 Å². The fourth-order valence-electron chi connectivity index (χ4n) is 2.56. The number of primary amides is 1. The van der Waals surface area contributed by atoms with E-state index in [1.807, 2.05) is 24.3 Å². The van der Waals surface area contributed by atoms with Crippen LogP contribution in [0, 0.1) is 0 Å². The third-order valence-corrected chi connectivity index (χ3v) is 3.54. The third kappa shape index (κ3) is 2.56. The highest BCUT2D eigenvalue weighted by molar-refractivity contribution is 5.70. The van der Waals surface area contributed by atoms with Gasteiger partial charge < -0.3 is 10.5 Å². The summed E-state index contributed by atoms with van der Waals surface area (Å²) in [6.45, 7) is 0. The summed E-state index contributed by atoms with van der Waals surface area (Å²) in [4.78, 5) is 10.9. The number of nitrogens with zero attached hydrogens (tertiary/aromatic N) is 1. The molecular formula is C13H18N2O3. The van der Waals surface area contributed by atoms with E-state index in [0.29, 0.717) is 11.0 Å². The maximum Gasteiger partial charge on any atom is 0.338 e. The summed E-state index contributed by atoms with van der Waals surface area (Å²) in [5.41, 5.74) is 6.24. The maximum absolute atomic E-state index is 10.9. The van der Waals surface area contributed by atoms with Crippen LogP contribution in [0.5, 0.6) is 5.75 Å². The largest absolute Gasteiger partial charge is 0.497 e. The van der Waals surface area contributed by atoms with Crippen LogP contribution in [-0.4, -0.2) is 29.5 Å². The molecule has 1 saturated carbocycles. The second-order valence-electron chi connectivity index (χ2n) is 4.62. The fraction of sp³-hybridized carbons (Fsp3) is 0.462. The van der Waals surface area contributed by atoms with Gasteiger partial charge >= 0.3 is 6.03 Å². The van der Waals surface area contributed by atoms with Gasteiger partial charge in [0, 0.05) is 0 Å². The molecule has 1 aromatic rings. The van der Waals surface area contributed by atoms with Crippen molar-refractivity contribution in [1.82, 2.24) is 5.06 Å². The van der Waals surface area contributed by atoms with Gasteiger partial charge in [-0.15, -0.1) is 0 Å². The molecule has 0 spiro atoms. The normalized spacial score (nSPS) is 22.8. The molecule has 2 amide bonds. The number of benzene rings is 1. The van der Waals surface area contributed by atoms with E-state index < -0.39 is 6.03 Å². The molecule has 18 heavy (non-hydrogen) atoms. The first kappa shape index (κ1) is 12.7. The molecular weight excluding hydrogens is 232 g/mol. The van der Waals surface area contributed by atoms with Crippen LogP contribution in [0.3, 0.4) is 0 Å². The van der Waals surface area contributed by atoms with Crippen molar-refractivity contribution < 1.29 is 14.7 Å². The quantitative estimate of drug-likeness (QED) is 0.637. The topological polar surface area (TPSA) is 75.8 Å². The van der Waals surface area contributed by atoms with Crippen LogP contribution in [0.4, 0.5) is 4.79 Å². The summed E-state index contributed by atoms with van der Waals surface area (Å²) in [6.07, 6.45) is 2.43. The molecule has 0 heterocycles. The van der Waals surface area contributed by atoms with Crippen LogP contribution in [0.15, 0.2) is 24.3 Å². The lowest BCUT2D eigenvalue weighted by atomic mass is 9.97. The van der Waals surface area contributed by atoms with Crippen molar-refractivity contribution in [3.8, 4) is 5.75 Å². The number of methoxy groups -OCH3 is 1. The Labute approximate surface area is 106 Å². The van der Waals surface area contributed by atoms with E-state index in [2.05, 4.69) is 0 Å². The number of ether oxygens (including phenoxy) is 1. The van der Waals surface area contributed by atoms with E-state index in [4.69, 9.17) is 10.5 Å². The first-order valence-electron chi connectivity index (χ1n) is 6.03. The van der Waals surface area contributed by atoms with Crippen molar-refractivity contribution in [3.05, 3.63) is 29.8 Å². The number of rotatable bonds is 3. The van der Waals surface area contributed by atoms with Crippen LogP contribution >= 0.6 is 0 Å². The molecule has 0 aliphatic heterocycles. The Balaban J connectivity index is 2.06. The monoisotopic (exact) mass is 250 g/mol. The average Bonchev–Trinajstić information content (AvgIpc) is 2.87. The van der Waals surface area contributed by atoms with Crippen molar-refractivity contribution in [2.45, 2.75) is 31.2 Å². The molecule has 0 bridgehead atoms. The molecule has 3 N–H and O–H groups in total. The van der Waals surface area contributed by atoms with Gasteiger partial charge in [-0.05, 0) is 42.9 Å². The Bertz CT molecular complexity index is 436. The minimum atomic E-state index is -0.786. The molecule has 2 rings (SSSR count). The predicted octanol–water partition coefficient (Wildman–Crippen LogP) is 2.10. The third-order valence-electron chi connectivity index (χ3n) is 3.54. The number of hydrogen-bond donors (Lipinski definition) is 2. The Morgan fingerprint density at radius 3 is 2.94 bits per heavy atom. The molecule has 2 atom stereocenters. The minimum absolute atomic E-state index is 0.182. The lowest BCUT2D eigenvalue weighted by Gasteiger charge is -2.20. The number of urea groups is 1. The van der Waals surface area contributed by atoms with Gasteiger partial charge in [-0.1, -0.05) is 12.1 Å². The van der Waals surface area contributed by atoms with Crippen LogP contribution in [0.2, 0.25) is 0 Å². The highest BCUT2D eigenvalue weighted by Crippen LogP contribution is 2.37. The summed E-state index contributed by atoms with van der Waals surface area (Å²) < 4.78 is 5.19. The van der Waals surface area contributed by atoms with Gasteiger partial charge in [0.15, 0.2) is 0 Å². The van der Waals surface area contributed by atoms with Crippen LogP contribution in [0.1, 0.15) is 30.7 Å². The number of carbonyl (C=O) groups is 1. The van der Waals surface area contributed by atoms with Gasteiger partial charge in [0.25, 0.3) is 0 Å². The number of hydroxylamine groups is 2. The Hall–Kier alpha value is -1.75. The molecule has 1 aliphatic rings. The van der Waals surface area contributed by atoms with Gasteiger partial charge in [0.1, 0.15) is 5.75 Å². The zero-order chi connectivity index (χ0) is 13.1. The van der Waals surface area contributed by atoms with E-state index >= 15 is 0 Å². The van der Waals surface area contributed by atoms with Gasteiger partial charge in [0.05, 0.1) is 13.2 Å². The van der Waals surface area contributed by atoms with Crippen LogP contribution in [0.25, 0.3) is 0 Å². The van der Waals surface area contributed by atoms with Gasteiger partial charge in [-0.25, -0.2) is 9.86 Å². The second-order valence-corrected chi connectivity index (χ2v) is 4.62. The summed E-state index contributed by atoms with van der Waals surface area (Å²) in [5.74, 6) is 1.16. The van der Waals surface area contributed by atoms with Crippen molar-refractivity contribution in [2.75, 3.05) is 7.11 Å². The highest BCUT2D eigenvalue weighted by Gasteiger charge is 2.31. The Morgan fingerprint density at radius 2 is 2.28 bits per heavy atom. The number of nitrogens with two attached hydrogens (primary N) is 1. The summed E-state index contributed by atoms with van der Waals surface area (Å²) >= 11 is 0. The smallest absolute Gasteiger partial charge is 0.338 e. The van der Waals surface area contributed by atoms with E-state index in [-0.39, 0.29) is 6.04 Å². The number of carbonyl (C=O) groups excluding carboxylic acids is 1. The number of amides is 2. The minimum Gasteiger partial charge on any atom is -0.497 e. The molecule has 5 heteroatoms. The zero-order valence-corrected chi connectivity index (χ0v) is 10.4. The van der Waals surface area contributed by atoms with E-state index in [9.17, 15) is 10.0 Å². The van der Waals surface area contributed by atoms with Gasteiger partial charge in [-0.3, -0.25) is 5.21 Å². The summed E-state index contributed by atoms with van der Waals surface area (Å²) in [5, 5.41) is 10.2. The standard InChI is InChI=1S/C13H18N2O3/c1-18-12-4-2-3-9(8-12)10-5-6-11(7-10)15(17)13(14)16/h2-4,8,10-11,17H,5-7H2,1H3,(H2,14,16). The first-order valence-corrected chi connectivity index (χ1v) is 6.03. The lowest BCUT2D eigenvalue weighted by molar-refractivity contribution is -0.0730. The van der Waals surface area contributed by atoms with E-state index in [0.717, 1.165) is 25.0 Å².